The van der Waals surface area contributed by atoms with E-state index in [1.165, 1.54) is 56.7 Å². The molecule has 2 aromatic rings. The number of carbonyl (C=O) groups excluding carboxylic acids is 3. The molecule has 1 aromatic heterocycles. The van der Waals surface area contributed by atoms with Crippen molar-refractivity contribution in [1.29, 1.82) is 0 Å². The average Bonchev–Trinajstić information content (AvgIpc) is 3.51. The summed E-state index contributed by atoms with van der Waals surface area (Å²) in [6, 6.07) is 6.97. The van der Waals surface area contributed by atoms with Gasteiger partial charge in [-0.25, -0.2) is 9.18 Å². The zero-order chi connectivity index (χ0) is 36.6. The van der Waals surface area contributed by atoms with Gasteiger partial charge in [0.05, 0.1) is 24.1 Å². The van der Waals surface area contributed by atoms with Crippen LogP contribution in [-0.2, 0) is 16.1 Å². The molecule has 1 aliphatic carbocycles. The Balaban J connectivity index is 1.44. The molecule has 5 rings (SSSR count). The highest BCUT2D eigenvalue weighted by Crippen LogP contribution is 2.52. The average molecular weight is 707 g/mol. The minimum Gasteiger partial charge on any atom is -0.444 e. The lowest BCUT2D eigenvalue weighted by molar-refractivity contribution is -0.172. The molecule has 1 aromatic carbocycles. The quantitative estimate of drug-likeness (QED) is 0.400. The molecule has 14 heteroatoms. The predicted molar refractivity (Wildman–Crippen MR) is 177 cm³/mol. The number of carbonyl (C=O) groups is 3. The van der Waals surface area contributed by atoms with Crippen molar-refractivity contribution in [2.24, 2.45) is 11.3 Å². The van der Waals surface area contributed by atoms with Crippen LogP contribution in [0.25, 0.3) is 11.1 Å². The van der Waals surface area contributed by atoms with Crippen LogP contribution in [0, 0.1) is 17.2 Å². The molecule has 2 saturated heterocycles. The molecule has 0 radical (unpaired) electrons. The van der Waals surface area contributed by atoms with Crippen molar-refractivity contribution in [3.8, 4) is 11.1 Å². The number of piperidine rings is 1. The number of pyridine rings is 1. The van der Waals surface area contributed by atoms with Gasteiger partial charge in [0.15, 0.2) is 0 Å². The van der Waals surface area contributed by atoms with Crippen LogP contribution in [0.5, 0.6) is 0 Å². The molecule has 2 atom stereocenters. The van der Waals surface area contributed by atoms with E-state index in [2.05, 4.69) is 0 Å². The van der Waals surface area contributed by atoms with Gasteiger partial charge in [-0.1, -0.05) is 38.0 Å². The van der Waals surface area contributed by atoms with Gasteiger partial charge in [-0.3, -0.25) is 14.4 Å². The second-order valence-corrected chi connectivity index (χ2v) is 15.1. The molecular formula is C36H46F4N4O6. The van der Waals surface area contributed by atoms with Gasteiger partial charge in [-0.2, -0.15) is 13.2 Å². The Labute approximate surface area is 289 Å². The predicted octanol–water partition coefficient (Wildman–Crippen LogP) is 5.46. The minimum absolute atomic E-state index is 0.00898. The highest BCUT2D eigenvalue weighted by molar-refractivity contribution is 6.00. The third-order valence-corrected chi connectivity index (χ3v) is 10.3. The first-order valence-corrected chi connectivity index (χ1v) is 17.2. The second kappa shape index (κ2) is 14.0. The molecule has 3 amide bonds. The molecule has 274 valence electrons. The molecule has 2 unspecified atom stereocenters. The number of hydrogen-bond acceptors (Lipinski definition) is 6. The largest absolute Gasteiger partial charge is 0.444 e. The number of halogens is 4. The van der Waals surface area contributed by atoms with E-state index in [1.807, 2.05) is 0 Å². The van der Waals surface area contributed by atoms with Crippen molar-refractivity contribution in [3.05, 3.63) is 58.3 Å². The van der Waals surface area contributed by atoms with Crippen molar-refractivity contribution < 1.29 is 41.8 Å². The second-order valence-electron chi connectivity index (χ2n) is 15.1. The number of piperazine rings is 1. The number of hydrogen-bond donors (Lipinski definition) is 1. The fraction of sp³-hybridized carbons (Fsp3) is 0.611. The Morgan fingerprint density at radius 1 is 0.920 bits per heavy atom. The van der Waals surface area contributed by atoms with E-state index in [1.54, 1.807) is 26.8 Å². The lowest BCUT2D eigenvalue weighted by atomic mass is 9.65. The summed E-state index contributed by atoms with van der Waals surface area (Å²) in [5, 5.41) is 12.3. The fourth-order valence-corrected chi connectivity index (χ4v) is 7.67. The van der Waals surface area contributed by atoms with Crippen LogP contribution in [0.15, 0.2) is 41.3 Å². The van der Waals surface area contributed by atoms with Crippen molar-refractivity contribution >= 4 is 17.9 Å². The number of nitrogens with zero attached hydrogens (tertiary/aromatic N) is 4. The Morgan fingerprint density at radius 2 is 1.54 bits per heavy atom. The van der Waals surface area contributed by atoms with Crippen molar-refractivity contribution in [2.75, 3.05) is 39.3 Å². The van der Waals surface area contributed by atoms with Crippen LogP contribution >= 0.6 is 0 Å². The first kappa shape index (κ1) is 37.3. The van der Waals surface area contributed by atoms with Crippen LogP contribution in [0.2, 0.25) is 0 Å². The van der Waals surface area contributed by atoms with E-state index < -0.39 is 64.4 Å². The Kier molecular flexibility index (Phi) is 10.4. The highest BCUT2D eigenvalue weighted by Gasteiger charge is 2.56. The topological polar surface area (TPSA) is 112 Å². The summed E-state index contributed by atoms with van der Waals surface area (Å²) in [7, 11) is 0. The lowest BCUT2D eigenvalue weighted by Crippen LogP contribution is -2.62. The van der Waals surface area contributed by atoms with E-state index in [-0.39, 0.29) is 68.9 Å². The summed E-state index contributed by atoms with van der Waals surface area (Å²) in [4.78, 5) is 58.0. The van der Waals surface area contributed by atoms with Crippen molar-refractivity contribution in [2.45, 2.75) is 90.1 Å². The fourth-order valence-electron chi connectivity index (χ4n) is 7.67. The molecule has 3 heterocycles. The third-order valence-electron chi connectivity index (χ3n) is 10.3. The van der Waals surface area contributed by atoms with E-state index in [9.17, 15) is 37.5 Å². The molecule has 1 spiro atoms. The van der Waals surface area contributed by atoms with Crippen LogP contribution < -0.4 is 5.56 Å². The van der Waals surface area contributed by atoms with Gasteiger partial charge >= 0.3 is 12.3 Å². The number of alkyl halides is 3. The zero-order valence-electron chi connectivity index (χ0n) is 29.0. The molecule has 10 nitrogen and oxygen atoms in total. The Bertz CT molecular complexity index is 1660. The molecule has 3 aliphatic rings. The van der Waals surface area contributed by atoms with Crippen molar-refractivity contribution in [3.63, 3.8) is 0 Å². The molecular weight excluding hydrogens is 660 g/mol. The van der Waals surface area contributed by atoms with E-state index in [0.717, 1.165) is 12.8 Å². The summed E-state index contributed by atoms with van der Waals surface area (Å²) >= 11 is 0. The molecule has 1 saturated carbocycles. The smallest absolute Gasteiger partial charge is 0.410 e. The minimum atomic E-state index is -4.49. The van der Waals surface area contributed by atoms with Gasteiger partial charge in [-0.15, -0.1) is 0 Å². The number of ether oxygens (including phenoxy) is 1. The van der Waals surface area contributed by atoms with Gasteiger partial charge < -0.3 is 29.1 Å². The highest BCUT2D eigenvalue weighted by atomic mass is 19.4. The van der Waals surface area contributed by atoms with Gasteiger partial charge in [0.25, 0.3) is 11.5 Å². The van der Waals surface area contributed by atoms with Gasteiger partial charge in [-0.05, 0) is 46.1 Å². The Hall–Kier alpha value is -3.94. The van der Waals surface area contributed by atoms with Crippen LogP contribution in [-0.4, -0.2) is 98.9 Å². The maximum Gasteiger partial charge on any atom is 0.410 e. The van der Waals surface area contributed by atoms with Gasteiger partial charge in [0, 0.05) is 74.0 Å². The van der Waals surface area contributed by atoms with Gasteiger partial charge in [0.2, 0.25) is 5.91 Å². The molecule has 50 heavy (non-hydrogen) atoms. The van der Waals surface area contributed by atoms with E-state index in [0.29, 0.717) is 12.8 Å². The van der Waals surface area contributed by atoms with Gasteiger partial charge in [0.1, 0.15) is 11.4 Å². The SMILES string of the molecule is CC(CC(F)(F)F)C(=O)N1CCC(O)(Cn2cc(C(=O)N3CCN(C(=O)OC(C)(C)C)CC3)c(-c3ccccc3F)cc2=O)C2(CCCC2)C1. The van der Waals surface area contributed by atoms with E-state index >= 15 is 4.39 Å². The van der Waals surface area contributed by atoms with Crippen molar-refractivity contribution in [1.82, 2.24) is 19.3 Å². The first-order valence-electron chi connectivity index (χ1n) is 17.2. The lowest BCUT2D eigenvalue weighted by Gasteiger charge is -2.52. The summed E-state index contributed by atoms with van der Waals surface area (Å²) in [5.74, 6) is -3.01. The molecule has 3 fully saturated rings. The number of benzene rings is 1. The Morgan fingerprint density at radius 3 is 2.14 bits per heavy atom. The summed E-state index contributed by atoms with van der Waals surface area (Å²) in [5.41, 5.74) is -3.47. The number of likely N-dealkylation sites (tertiary alicyclic amines) is 1. The zero-order valence-corrected chi connectivity index (χ0v) is 29.0. The number of aromatic nitrogens is 1. The molecule has 0 bridgehead atoms. The first-order chi connectivity index (χ1) is 23.3. The maximum atomic E-state index is 15.1. The normalized spacial score (nSPS) is 21.7. The maximum absolute atomic E-state index is 15.1. The van der Waals surface area contributed by atoms with Crippen LogP contribution in [0.3, 0.4) is 0 Å². The van der Waals surface area contributed by atoms with Crippen LogP contribution in [0.4, 0.5) is 22.4 Å². The number of amides is 3. The monoisotopic (exact) mass is 706 g/mol. The van der Waals surface area contributed by atoms with Crippen LogP contribution in [0.1, 0.15) is 76.6 Å². The summed E-state index contributed by atoms with van der Waals surface area (Å²) < 4.78 is 61.1. The standard InChI is InChI=1S/C36H46F4N4O6/c1-24(20-36(38,39)40)30(46)43-14-13-35(49,34(22-43)11-7-8-12-34)23-44-21-27(26(19-29(44)45)25-9-5-6-10-28(25)37)31(47)41-15-17-42(18-16-41)32(48)50-33(2,3)4/h5-6,9-10,19,21,24,49H,7-8,11-18,20,22-23H2,1-4H3. The van der Waals surface area contributed by atoms with E-state index in [4.69, 9.17) is 4.74 Å². The molecule has 2 aliphatic heterocycles. The molecule has 1 N–H and O–H groups in total. The summed E-state index contributed by atoms with van der Waals surface area (Å²) in [6.45, 7) is 7.11. The summed E-state index contributed by atoms with van der Waals surface area (Å²) in [6.07, 6.45) is -2.37. The number of aliphatic hydroxyl groups is 1. The number of rotatable bonds is 6. The third kappa shape index (κ3) is 8.00.